The molecule has 5 nitrogen and oxygen atoms in total. The van der Waals surface area contributed by atoms with Crippen molar-refractivity contribution in [2.45, 2.75) is 44.1 Å². The van der Waals surface area contributed by atoms with Gasteiger partial charge in [0.05, 0.1) is 6.54 Å². The third-order valence-corrected chi connectivity index (χ3v) is 3.51. The van der Waals surface area contributed by atoms with Crippen LogP contribution in [0.4, 0.5) is 13.2 Å². The maximum absolute atomic E-state index is 12.9. The number of nitrogens with zero attached hydrogens (tertiary/aromatic N) is 3. The van der Waals surface area contributed by atoms with E-state index in [0.29, 0.717) is 25.6 Å². The molecule has 1 aromatic heterocycles. The van der Waals surface area contributed by atoms with E-state index in [0.717, 1.165) is 0 Å². The Morgan fingerprint density at radius 3 is 2.55 bits per heavy atom. The largest absolute Gasteiger partial charge is 0.415 e. The smallest absolute Gasteiger partial charge is 0.337 e. The first-order valence-corrected chi connectivity index (χ1v) is 6.27. The molecule has 0 spiro atoms. The SMILES string of the molecule is Cn1ccnc1CN(C(=O)C(C)(N)C(F)(F)F)C1CC1. The van der Waals surface area contributed by atoms with E-state index in [1.54, 1.807) is 17.8 Å². The van der Waals surface area contributed by atoms with E-state index >= 15 is 0 Å². The number of halogens is 3. The van der Waals surface area contributed by atoms with Crippen LogP contribution in [0, 0.1) is 0 Å². The maximum atomic E-state index is 12.9. The number of nitrogens with two attached hydrogens (primary N) is 1. The highest BCUT2D eigenvalue weighted by Crippen LogP contribution is 2.35. The second-order valence-corrected chi connectivity index (χ2v) is 5.32. The summed E-state index contributed by atoms with van der Waals surface area (Å²) < 4.78 is 40.3. The van der Waals surface area contributed by atoms with Crippen LogP contribution in [0.1, 0.15) is 25.6 Å². The summed E-state index contributed by atoms with van der Waals surface area (Å²) in [7, 11) is 1.73. The number of hydrogen-bond donors (Lipinski definition) is 1. The van der Waals surface area contributed by atoms with Gasteiger partial charge in [0.15, 0.2) is 5.54 Å². The van der Waals surface area contributed by atoms with Crippen LogP contribution in [-0.2, 0) is 18.4 Å². The van der Waals surface area contributed by atoms with Crippen molar-refractivity contribution in [2.24, 2.45) is 12.8 Å². The normalized spacial score (nSPS) is 18.7. The van der Waals surface area contributed by atoms with Crippen LogP contribution in [-0.4, -0.2) is 38.1 Å². The van der Waals surface area contributed by atoms with Crippen LogP contribution in [0.15, 0.2) is 12.4 Å². The minimum absolute atomic E-state index is 0.0376. The molecule has 2 rings (SSSR count). The van der Waals surface area contributed by atoms with E-state index in [9.17, 15) is 18.0 Å². The van der Waals surface area contributed by atoms with Crippen molar-refractivity contribution >= 4 is 5.91 Å². The number of amides is 1. The lowest BCUT2D eigenvalue weighted by molar-refractivity contribution is -0.194. The number of alkyl halides is 3. The van der Waals surface area contributed by atoms with Crippen LogP contribution in [0.3, 0.4) is 0 Å². The van der Waals surface area contributed by atoms with Gasteiger partial charge in [-0.05, 0) is 19.8 Å². The summed E-state index contributed by atoms with van der Waals surface area (Å²) in [6.45, 7) is 0.749. The molecular formula is C12H17F3N4O. The average molecular weight is 290 g/mol. The Morgan fingerprint density at radius 2 is 2.15 bits per heavy atom. The molecular weight excluding hydrogens is 273 g/mol. The monoisotopic (exact) mass is 290 g/mol. The van der Waals surface area contributed by atoms with Gasteiger partial charge in [-0.15, -0.1) is 0 Å². The highest BCUT2D eigenvalue weighted by molar-refractivity contribution is 5.87. The van der Waals surface area contributed by atoms with Crippen molar-refractivity contribution in [1.82, 2.24) is 14.5 Å². The fraction of sp³-hybridized carbons (Fsp3) is 0.667. The fourth-order valence-corrected chi connectivity index (χ4v) is 1.87. The number of imidazole rings is 1. The number of carbonyl (C=O) groups excluding carboxylic acids is 1. The molecule has 1 aliphatic carbocycles. The molecule has 1 amide bonds. The molecule has 112 valence electrons. The quantitative estimate of drug-likeness (QED) is 0.906. The first-order valence-electron chi connectivity index (χ1n) is 6.27. The van der Waals surface area contributed by atoms with Crippen molar-refractivity contribution in [3.05, 3.63) is 18.2 Å². The molecule has 0 saturated heterocycles. The minimum atomic E-state index is -4.78. The predicted molar refractivity (Wildman–Crippen MR) is 65.4 cm³/mol. The van der Waals surface area contributed by atoms with Gasteiger partial charge in [-0.2, -0.15) is 13.2 Å². The molecule has 1 saturated carbocycles. The zero-order valence-corrected chi connectivity index (χ0v) is 11.3. The van der Waals surface area contributed by atoms with Crippen molar-refractivity contribution in [3.8, 4) is 0 Å². The van der Waals surface area contributed by atoms with Gasteiger partial charge < -0.3 is 15.2 Å². The zero-order valence-electron chi connectivity index (χ0n) is 11.3. The second kappa shape index (κ2) is 4.76. The summed E-state index contributed by atoms with van der Waals surface area (Å²) in [5.74, 6) is -0.571. The molecule has 0 radical (unpaired) electrons. The van der Waals surface area contributed by atoms with Gasteiger partial charge in [0, 0.05) is 25.5 Å². The molecule has 1 unspecified atom stereocenters. The standard InChI is InChI=1S/C12H17F3N4O/c1-11(16,12(13,14)15)10(20)19(8-3-4-8)7-9-17-5-6-18(9)2/h5-6,8H,3-4,7,16H2,1-2H3. The highest BCUT2D eigenvalue weighted by atomic mass is 19.4. The average Bonchev–Trinajstić information content (AvgIpc) is 3.08. The summed E-state index contributed by atoms with van der Waals surface area (Å²) in [6.07, 6.45) is -0.167. The first-order chi connectivity index (χ1) is 9.14. The number of aryl methyl sites for hydroxylation is 1. The van der Waals surface area contributed by atoms with Gasteiger partial charge in [0.1, 0.15) is 5.82 Å². The van der Waals surface area contributed by atoms with Crippen molar-refractivity contribution in [3.63, 3.8) is 0 Å². The molecule has 1 aromatic rings. The van der Waals surface area contributed by atoms with E-state index < -0.39 is 17.6 Å². The zero-order chi connectivity index (χ0) is 15.1. The summed E-state index contributed by atoms with van der Waals surface area (Å²) >= 11 is 0. The summed E-state index contributed by atoms with van der Waals surface area (Å²) in [5.41, 5.74) is 2.35. The van der Waals surface area contributed by atoms with E-state index in [1.807, 2.05) is 0 Å². The Labute approximate surface area is 114 Å². The third kappa shape index (κ3) is 2.65. The van der Waals surface area contributed by atoms with Crippen molar-refractivity contribution < 1.29 is 18.0 Å². The van der Waals surface area contributed by atoms with E-state index in [4.69, 9.17) is 5.73 Å². The second-order valence-electron chi connectivity index (χ2n) is 5.32. The Kier molecular flexibility index (Phi) is 3.53. The van der Waals surface area contributed by atoms with Crippen LogP contribution in [0.5, 0.6) is 0 Å². The number of aromatic nitrogens is 2. The summed E-state index contributed by atoms with van der Waals surface area (Å²) in [4.78, 5) is 17.4. The molecule has 8 heteroatoms. The Balaban J connectivity index is 2.21. The van der Waals surface area contributed by atoms with Crippen LogP contribution >= 0.6 is 0 Å². The number of hydrogen-bond acceptors (Lipinski definition) is 3. The lowest BCUT2D eigenvalue weighted by atomic mass is 10.0. The first kappa shape index (κ1) is 14.8. The Hall–Kier alpha value is -1.57. The Bertz CT molecular complexity index is 505. The van der Waals surface area contributed by atoms with Crippen LogP contribution in [0.25, 0.3) is 0 Å². The predicted octanol–water partition coefficient (Wildman–Crippen LogP) is 1.19. The van der Waals surface area contributed by atoms with E-state index in [1.165, 1.54) is 11.1 Å². The van der Waals surface area contributed by atoms with Gasteiger partial charge >= 0.3 is 6.18 Å². The molecule has 2 N–H and O–H groups in total. The fourth-order valence-electron chi connectivity index (χ4n) is 1.87. The third-order valence-electron chi connectivity index (χ3n) is 3.51. The van der Waals surface area contributed by atoms with Crippen molar-refractivity contribution in [1.29, 1.82) is 0 Å². The molecule has 1 fully saturated rings. The maximum Gasteiger partial charge on any atom is 0.415 e. The molecule has 1 aliphatic rings. The van der Waals surface area contributed by atoms with Gasteiger partial charge in [-0.25, -0.2) is 4.98 Å². The van der Waals surface area contributed by atoms with E-state index in [-0.39, 0.29) is 12.6 Å². The lowest BCUT2D eigenvalue weighted by Crippen LogP contribution is -2.62. The molecule has 1 heterocycles. The number of carbonyl (C=O) groups is 1. The van der Waals surface area contributed by atoms with Gasteiger partial charge in [-0.3, -0.25) is 4.79 Å². The Morgan fingerprint density at radius 1 is 1.55 bits per heavy atom. The molecule has 0 aromatic carbocycles. The summed E-state index contributed by atoms with van der Waals surface area (Å²) in [6, 6.07) is -0.176. The van der Waals surface area contributed by atoms with Gasteiger partial charge in [0.2, 0.25) is 0 Å². The lowest BCUT2D eigenvalue weighted by Gasteiger charge is -2.33. The topological polar surface area (TPSA) is 64.2 Å². The highest BCUT2D eigenvalue weighted by Gasteiger charge is 2.56. The van der Waals surface area contributed by atoms with Crippen LogP contribution in [0.2, 0.25) is 0 Å². The van der Waals surface area contributed by atoms with Gasteiger partial charge in [-0.1, -0.05) is 0 Å². The van der Waals surface area contributed by atoms with Crippen molar-refractivity contribution in [2.75, 3.05) is 0 Å². The number of rotatable bonds is 4. The summed E-state index contributed by atoms with van der Waals surface area (Å²) in [5, 5.41) is 0. The van der Waals surface area contributed by atoms with E-state index in [2.05, 4.69) is 4.98 Å². The molecule has 1 atom stereocenters. The van der Waals surface area contributed by atoms with Crippen LogP contribution < -0.4 is 5.73 Å². The molecule has 0 aliphatic heterocycles. The minimum Gasteiger partial charge on any atom is -0.337 e. The van der Waals surface area contributed by atoms with Gasteiger partial charge in [0.25, 0.3) is 5.91 Å². The molecule has 20 heavy (non-hydrogen) atoms. The molecule has 0 bridgehead atoms.